The Balaban J connectivity index is 2.51. The Morgan fingerprint density at radius 1 is 1.24 bits per heavy atom. The summed E-state index contributed by atoms with van der Waals surface area (Å²) in [5.74, 6) is 0. The van der Waals surface area contributed by atoms with E-state index >= 15 is 0 Å². The summed E-state index contributed by atoms with van der Waals surface area (Å²) in [4.78, 5) is 6.06. The smallest absolute Gasteiger partial charge is 0.183 e. The number of hydrogen-bond acceptors (Lipinski definition) is 5. The van der Waals surface area contributed by atoms with Crippen molar-refractivity contribution in [2.75, 3.05) is 11.9 Å². The largest absolute Gasteiger partial charge is 0.361 e. The van der Waals surface area contributed by atoms with Gasteiger partial charge in [0.1, 0.15) is 0 Å². The predicted molar refractivity (Wildman–Crippen MR) is 113 cm³/mol. The molecule has 1 aromatic rings. The third-order valence-electron chi connectivity index (χ3n) is 4.38. The molecule has 0 spiro atoms. The van der Waals surface area contributed by atoms with Crippen molar-refractivity contribution in [1.29, 1.82) is 0 Å². The van der Waals surface area contributed by atoms with E-state index in [1.807, 2.05) is 0 Å². The van der Waals surface area contributed by atoms with Crippen molar-refractivity contribution in [3.05, 3.63) is 10.6 Å². The Bertz CT molecular complexity index is 567. The molecule has 1 unspecified atom stereocenters. The average Bonchev–Trinajstić information content (AvgIpc) is 2.85. The van der Waals surface area contributed by atoms with Crippen molar-refractivity contribution in [3.8, 4) is 0 Å². The number of rotatable bonds is 9. The first-order chi connectivity index (χ1) is 11.4. The highest BCUT2D eigenvalue weighted by molar-refractivity contribution is 7.15. The van der Waals surface area contributed by atoms with E-state index in [4.69, 9.17) is 0 Å². The molecule has 0 aliphatic carbocycles. The van der Waals surface area contributed by atoms with Gasteiger partial charge in [-0.05, 0) is 50.9 Å². The molecule has 0 radical (unpaired) electrons. The molecule has 144 valence electrons. The lowest BCUT2D eigenvalue weighted by Gasteiger charge is -2.24. The Morgan fingerprint density at radius 2 is 1.88 bits per heavy atom. The first kappa shape index (κ1) is 21.9. The highest BCUT2D eigenvalue weighted by Gasteiger charge is 2.22. The molecular weight excluding hydrogens is 328 g/mol. The molecule has 0 aromatic carbocycles. The fraction of sp³-hybridized carbons (Fsp3) is 0.800. The Hall–Kier alpha value is -1.10. The fourth-order valence-electron chi connectivity index (χ4n) is 2.81. The first-order valence-corrected chi connectivity index (χ1v) is 10.3. The summed E-state index contributed by atoms with van der Waals surface area (Å²) in [6.07, 6.45) is 3.18. The zero-order valence-corrected chi connectivity index (χ0v) is 18.5. The van der Waals surface area contributed by atoms with Gasteiger partial charge in [0, 0.05) is 23.2 Å². The highest BCUT2D eigenvalue weighted by Crippen LogP contribution is 2.34. The van der Waals surface area contributed by atoms with E-state index in [-0.39, 0.29) is 10.8 Å². The molecule has 1 heterocycles. The maximum Gasteiger partial charge on any atom is 0.183 e. The van der Waals surface area contributed by atoms with Crippen LogP contribution >= 0.6 is 11.3 Å². The summed E-state index contributed by atoms with van der Waals surface area (Å²) in [6, 6.07) is 0.435. The topological polar surface area (TPSA) is 49.3 Å². The maximum atomic E-state index is 4.69. The van der Waals surface area contributed by atoms with E-state index < -0.39 is 0 Å². The lowest BCUT2D eigenvalue weighted by molar-refractivity contribution is 0.359. The van der Waals surface area contributed by atoms with Gasteiger partial charge in [0.2, 0.25) is 0 Å². The molecule has 25 heavy (non-hydrogen) atoms. The number of aryl methyl sites for hydroxylation is 1. The van der Waals surface area contributed by atoms with E-state index in [1.54, 1.807) is 11.3 Å². The van der Waals surface area contributed by atoms with Crippen molar-refractivity contribution in [1.82, 2.24) is 10.4 Å². The van der Waals surface area contributed by atoms with Crippen molar-refractivity contribution in [3.63, 3.8) is 0 Å². The number of hydrogen-bond donors (Lipinski definition) is 2. The molecule has 1 aromatic heterocycles. The second-order valence-corrected chi connectivity index (χ2v) is 9.99. The van der Waals surface area contributed by atoms with Crippen LogP contribution in [0.2, 0.25) is 0 Å². The Morgan fingerprint density at radius 3 is 2.40 bits per heavy atom. The van der Waals surface area contributed by atoms with E-state index in [2.05, 4.69) is 83.1 Å². The quantitative estimate of drug-likeness (QED) is 0.433. The van der Waals surface area contributed by atoms with Gasteiger partial charge in [-0.1, -0.05) is 41.5 Å². The molecule has 1 atom stereocenters. The van der Waals surface area contributed by atoms with Crippen LogP contribution in [0.25, 0.3) is 0 Å². The van der Waals surface area contributed by atoms with Gasteiger partial charge < -0.3 is 10.7 Å². The minimum atomic E-state index is 0.164. The molecule has 0 amide bonds. The lowest BCUT2D eigenvalue weighted by Crippen LogP contribution is -2.24. The van der Waals surface area contributed by atoms with E-state index in [9.17, 15) is 0 Å². The molecule has 1 rings (SSSR count). The lowest BCUT2D eigenvalue weighted by atomic mass is 9.84. The molecular formula is C20H38N4S. The van der Waals surface area contributed by atoms with E-state index in [0.29, 0.717) is 6.04 Å². The summed E-state index contributed by atoms with van der Waals surface area (Å²) in [5.41, 5.74) is 5.93. The molecule has 0 saturated carbocycles. The number of thiazole rings is 1. The van der Waals surface area contributed by atoms with Crippen LogP contribution in [-0.2, 0) is 5.41 Å². The van der Waals surface area contributed by atoms with Crippen LogP contribution in [0.4, 0.5) is 5.13 Å². The van der Waals surface area contributed by atoms with Gasteiger partial charge in [0.15, 0.2) is 5.13 Å². The normalized spacial score (nSPS) is 14.5. The van der Waals surface area contributed by atoms with Crippen LogP contribution in [-0.4, -0.2) is 23.3 Å². The molecule has 5 heteroatoms. The second-order valence-electron chi connectivity index (χ2n) is 8.99. The van der Waals surface area contributed by atoms with Crippen molar-refractivity contribution < 1.29 is 0 Å². The fourth-order valence-corrected chi connectivity index (χ4v) is 3.86. The van der Waals surface area contributed by atoms with Gasteiger partial charge in [0.05, 0.1) is 5.69 Å². The molecule has 0 aliphatic heterocycles. The number of hydrazone groups is 1. The highest BCUT2D eigenvalue weighted by atomic mass is 32.1. The van der Waals surface area contributed by atoms with Crippen molar-refractivity contribution in [2.24, 2.45) is 10.5 Å². The SMILES string of the molecule is CCC(C)N/N=C(/C)CC(C)(C)CCNc1nc(C)c(C(C)(C)C)s1. The van der Waals surface area contributed by atoms with Gasteiger partial charge >= 0.3 is 0 Å². The summed E-state index contributed by atoms with van der Waals surface area (Å²) >= 11 is 1.79. The zero-order valence-electron chi connectivity index (χ0n) is 17.7. The van der Waals surface area contributed by atoms with Crippen LogP contribution in [0.3, 0.4) is 0 Å². The number of nitrogens with one attached hydrogen (secondary N) is 2. The van der Waals surface area contributed by atoms with E-state index in [0.717, 1.165) is 36.6 Å². The zero-order chi connectivity index (χ0) is 19.3. The minimum absolute atomic E-state index is 0.164. The molecule has 0 aliphatic rings. The molecule has 4 nitrogen and oxygen atoms in total. The summed E-state index contributed by atoms with van der Waals surface area (Å²) < 4.78 is 0. The Labute approximate surface area is 158 Å². The minimum Gasteiger partial charge on any atom is -0.361 e. The van der Waals surface area contributed by atoms with Gasteiger partial charge in [-0.2, -0.15) is 5.10 Å². The summed E-state index contributed by atoms with van der Waals surface area (Å²) in [7, 11) is 0. The van der Waals surface area contributed by atoms with Crippen LogP contribution < -0.4 is 10.7 Å². The third kappa shape index (κ3) is 7.76. The predicted octanol–water partition coefficient (Wildman–Crippen LogP) is 5.73. The number of nitrogens with zero attached hydrogens (tertiary/aromatic N) is 2. The van der Waals surface area contributed by atoms with Crippen molar-refractivity contribution in [2.45, 2.75) is 93.0 Å². The van der Waals surface area contributed by atoms with Gasteiger partial charge in [-0.3, -0.25) is 0 Å². The van der Waals surface area contributed by atoms with Gasteiger partial charge in [0.25, 0.3) is 0 Å². The van der Waals surface area contributed by atoms with Gasteiger partial charge in [-0.25, -0.2) is 4.98 Å². The number of aromatic nitrogens is 1. The summed E-state index contributed by atoms with van der Waals surface area (Å²) in [5, 5.41) is 9.09. The van der Waals surface area contributed by atoms with Crippen LogP contribution in [0.1, 0.15) is 85.2 Å². The average molecular weight is 367 g/mol. The second kappa shape index (κ2) is 9.02. The van der Waals surface area contributed by atoms with Crippen LogP contribution in [0.5, 0.6) is 0 Å². The maximum absolute atomic E-state index is 4.69. The third-order valence-corrected chi connectivity index (χ3v) is 5.92. The Kier molecular flexibility index (Phi) is 7.91. The molecule has 2 N–H and O–H groups in total. The molecule has 0 bridgehead atoms. The van der Waals surface area contributed by atoms with Crippen LogP contribution in [0.15, 0.2) is 5.10 Å². The standard InChI is InChI=1S/C20H38N4S/c1-10-14(2)23-24-15(3)13-20(8,9)11-12-21-18-22-16(4)17(25-18)19(5,6)7/h14,23H,10-13H2,1-9H3,(H,21,22)/b24-15-. The number of anilines is 1. The first-order valence-electron chi connectivity index (χ1n) is 9.45. The molecule has 0 saturated heterocycles. The monoisotopic (exact) mass is 366 g/mol. The van der Waals surface area contributed by atoms with E-state index in [1.165, 1.54) is 10.6 Å². The molecule has 0 fully saturated rings. The van der Waals surface area contributed by atoms with Gasteiger partial charge in [-0.15, -0.1) is 11.3 Å². The van der Waals surface area contributed by atoms with Crippen LogP contribution in [0, 0.1) is 12.3 Å². The summed E-state index contributed by atoms with van der Waals surface area (Å²) in [6.45, 7) is 20.9. The van der Waals surface area contributed by atoms with Crippen molar-refractivity contribution >= 4 is 22.2 Å².